The second kappa shape index (κ2) is 7.61. The maximum atomic E-state index is 10.4. The quantitative estimate of drug-likeness (QED) is 0.721. The van der Waals surface area contributed by atoms with Crippen LogP contribution in [0.1, 0.15) is 64.7 Å². The minimum atomic E-state index is -0.136. The molecular formula is C16H30O3. The van der Waals surface area contributed by atoms with Gasteiger partial charge in [0.1, 0.15) is 0 Å². The van der Waals surface area contributed by atoms with Crippen molar-refractivity contribution in [2.45, 2.75) is 76.4 Å². The zero-order chi connectivity index (χ0) is 13.6. The molecule has 3 unspecified atom stereocenters. The number of hydrogen-bond acceptors (Lipinski definition) is 3. The van der Waals surface area contributed by atoms with Gasteiger partial charge in [0.2, 0.25) is 0 Å². The predicted octanol–water partition coefficient (Wildman–Crippen LogP) is 3.29. The Balaban J connectivity index is 1.68. The molecule has 0 aromatic heterocycles. The SMILES string of the molecule is CCCCCCCC(O)C1CCOC2(CCOC2)C1. The summed E-state index contributed by atoms with van der Waals surface area (Å²) in [7, 11) is 0. The molecule has 2 heterocycles. The summed E-state index contributed by atoms with van der Waals surface area (Å²) in [6.45, 7) is 4.58. The van der Waals surface area contributed by atoms with Crippen LogP contribution in [0.3, 0.4) is 0 Å². The van der Waals surface area contributed by atoms with E-state index >= 15 is 0 Å². The van der Waals surface area contributed by atoms with Gasteiger partial charge in [0, 0.05) is 19.6 Å². The van der Waals surface area contributed by atoms with Crippen LogP contribution in [0.15, 0.2) is 0 Å². The molecule has 1 spiro atoms. The van der Waals surface area contributed by atoms with E-state index in [0.29, 0.717) is 5.92 Å². The fourth-order valence-electron chi connectivity index (χ4n) is 3.45. The molecule has 19 heavy (non-hydrogen) atoms. The lowest BCUT2D eigenvalue weighted by Crippen LogP contribution is -2.43. The van der Waals surface area contributed by atoms with E-state index in [2.05, 4.69) is 6.92 Å². The summed E-state index contributed by atoms with van der Waals surface area (Å²) in [5.74, 6) is 0.418. The van der Waals surface area contributed by atoms with Gasteiger partial charge in [0.15, 0.2) is 0 Å². The third-order valence-corrected chi connectivity index (χ3v) is 4.75. The maximum absolute atomic E-state index is 10.4. The molecule has 3 atom stereocenters. The van der Waals surface area contributed by atoms with Crippen LogP contribution in [0.5, 0.6) is 0 Å². The zero-order valence-corrected chi connectivity index (χ0v) is 12.4. The third-order valence-electron chi connectivity index (χ3n) is 4.75. The Bertz CT molecular complexity index is 248. The van der Waals surface area contributed by atoms with Gasteiger partial charge in [0.05, 0.1) is 18.3 Å². The highest BCUT2D eigenvalue weighted by molar-refractivity contribution is 4.92. The standard InChI is InChI=1S/C16H30O3/c1-2-3-4-5-6-7-15(17)14-8-10-19-16(12-14)9-11-18-13-16/h14-15,17H,2-13H2,1H3. The van der Waals surface area contributed by atoms with E-state index in [9.17, 15) is 5.11 Å². The average molecular weight is 270 g/mol. The highest BCUT2D eigenvalue weighted by Gasteiger charge is 2.42. The van der Waals surface area contributed by atoms with Crippen molar-refractivity contribution in [3.05, 3.63) is 0 Å². The summed E-state index contributed by atoms with van der Waals surface area (Å²) >= 11 is 0. The molecule has 2 aliphatic heterocycles. The first-order valence-corrected chi connectivity index (χ1v) is 8.15. The summed E-state index contributed by atoms with van der Waals surface area (Å²) in [5, 5.41) is 10.4. The van der Waals surface area contributed by atoms with Gasteiger partial charge in [-0.3, -0.25) is 0 Å². The predicted molar refractivity (Wildman–Crippen MR) is 76.2 cm³/mol. The lowest BCUT2D eigenvalue weighted by atomic mass is 9.81. The van der Waals surface area contributed by atoms with Crippen LogP contribution in [0, 0.1) is 5.92 Å². The lowest BCUT2D eigenvalue weighted by molar-refractivity contribution is -0.117. The molecule has 112 valence electrons. The largest absolute Gasteiger partial charge is 0.393 e. The third kappa shape index (κ3) is 4.44. The molecule has 0 bridgehead atoms. The molecular weight excluding hydrogens is 240 g/mol. The number of ether oxygens (including phenoxy) is 2. The molecule has 2 saturated heterocycles. The van der Waals surface area contributed by atoms with Gasteiger partial charge in [-0.15, -0.1) is 0 Å². The summed E-state index contributed by atoms with van der Waals surface area (Å²) in [4.78, 5) is 0. The Morgan fingerprint density at radius 3 is 2.79 bits per heavy atom. The Morgan fingerprint density at radius 1 is 1.21 bits per heavy atom. The van der Waals surface area contributed by atoms with Crippen LogP contribution < -0.4 is 0 Å². The van der Waals surface area contributed by atoms with Crippen molar-refractivity contribution in [2.24, 2.45) is 5.92 Å². The molecule has 0 amide bonds. The van der Waals surface area contributed by atoms with E-state index in [1.807, 2.05) is 0 Å². The van der Waals surface area contributed by atoms with E-state index in [1.54, 1.807) is 0 Å². The molecule has 0 radical (unpaired) electrons. The number of aliphatic hydroxyl groups is 1. The fraction of sp³-hybridized carbons (Fsp3) is 1.00. The van der Waals surface area contributed by atoms with Crippen LogP contribution >= 0.6 is 0 Å². The first-order chi connectivity index (χ1) is 9.26. The maximum Gasteiger partial charge on any atom is 0.0940 e. The van der Waals surface area contributed by atoms with E-state index in [4.69, 9.17) is 9.47 Å². The van der Waals surface area contributed by atoms with Crippen molar-refractivity contribution >= 4 is 0 Å². The molecule has 3 nitrogen and oxygen atoms in total. The van der Waals surface area contributed by atoms with Gasteiger partial charge in [-0.05, 0) is 25.2 Å². The van der Waals surface area contributed by atoms with Gasteiger partial charge >= 0.3 is 0 Å². The van der Waals surface area contributed by atoms with Crippen molar-refractivity contribution in [1.82, 2.24) is 0 Å². The number of rotatable bonds is 7. The lowest BCUT2D eigenvalue weighted by Gasteiger charge is -2.39. The van der Waals surface area contributed by atoms with Crippen LogP contribution in [0.25, 0.3) is 0 Å². The van der Waals surface area contributed by atoms with E-state index in [0.717, 1.165) is 45.5 Å². The van der Waals surface area contributed by atoms with Crippen molar-refractivity contribution in [1.29, 1.82) is 0 Å². The van der Waals surface area contributed by atoms with E-state index < -0.39 is 0 Å². The van der Waals surface area contributed by atoms with Gasteiger partial charge in [0.25, 0.3) is 0 Å². The highest BCUT2D eigenvalue weighted by atomic mass is 16.6. The molecule has 2 rings (SSSR count). The second-order valence-corrected chi connectivity index (χ2v) is 6.36. The van der Waals surface area contributed by atoms with Gasteiger partial charge in [-0.25, -0.2) is 0 Å². The first kappa shape index (κ1) is 15.3. The van der Waals surface area contributed by atoms with E-state index in [-0.39, 0.29) is 11.7 Å². The van der Waals surface area contributed by atoms with Crippen molar-refractivity contribution in [3.63, 3.8) is 0 Å². The van der Waals surface area contributed by atoms with E-state index in [1.165, 1.54) is 32.1 Å². The van der Waals surface area contributed by atoms with Crippen LogP contribution in [-0.4, -0.2) is 36.6 Å². The molecule has 0 aromatic carbocycles. The highest BCUT2D eigenvalue weighted by Crippen LogP contribution is 2.37. The average Bonchev–Trinajstić information content (AvgIpc) is 2.86. The van der Waals surface area contributed by atoms with Gasteiger partial charge in [-0.2, -0.15) is 0 Å². The molecule has 0 aromatic rings. The smallest absolute Gasteiger partial charge is 0.0940 e. The molecule has 3 heteroatoms. The van der Waals surface area contributed by atoms with Crippen LogP contribution in [0.2, 0.25) is 0 Å². The first-order valence-electron chi connectivity index (χ1n) is 8.15. The molecule has 2 aliphatic rings. The normalized spacial score (nSPS) is 32.8. The number of hydrogen-bond donors (Lipinski definition) is 1. The summed E-state index contributed by atoms with van der Waals surface area (Å²) in [5.41, 5.74) is -0.0634. The Hall–Kier alpha value is -0.120. The Kier molecular flexibility index (Phi) is 6.11. The van der Waals surface area contributed by atoms with Crippen molar-refractivity contribution in [2.75, 3.05) is 19.8 Å². The van der Waals surface area contributed by atoms with Gasteiger partial charge < -0.3 is 14.6 Å². The minimum absolute atomic E-state index is 0.0634. The van der Waals surface area contributed by atoms with Crippen LogP contribution in [-0.2, 0) is 9.47 Å². The molecule has 2 fully saturated rings. The second-order valence-electron chi connectivity index (χ2n) is 6.36. The van der Waals surface area contributed by atoms with Crippen molar-refractivity contribution in [3.8, 4) is 0 Å². The number of unbranched alkanes of at least 4 members (excludes halogenated alkanes) is 4. The monoisotopic (exact) mass is 270 g/mol. The summed E-state index contributed by atoms with van der Waals surface area (Å²) < 4.78 is 11.4. The van der Waals surface area contributed by atoms with Crippen molar-refractivity contribution < 1.29 is 14.6 Å². The zero-order valence-electron chi connectivity index (χ0n) is 12.4. The Labute approximate surface area is 117 Å². The minimum Gasteiger partial charge on any atom is -0.393 e. The summed E-state index contributed by atoms with van der Waals surface area (Å²) in [6.07, 6.45) is 10.2. The Morgan fingerprint density at radius 2 is 2.05 bits per heavy atom. The fourth-order valence-corrected chi connectivity index (χ4v) is 3.45. The van der Waals surface area contributed by atoms with Gasteiger partial charge in [-0.1, -0.05) is 39.0 Å². The molecule has 0 saturated carbocycles. The summed E-state index contributed by atoms with van der Waals surface area (Å²) in [6, 6.07) is 0. The molecule has 0 aliphatic carbocycles. The number of aliphatic hydroxyl groups excluding tert-OH is 1. The van der Waals surface area contributed by atoms with Crippen LogP contribution in [0.4, 0.5) is 0 Å². The molecule has 1 N–H and O–H groups in total. The topological polar surface area (TPSA) is 38.7 Å².